The zero-order valence-corrected chi connectivity index (χ0v) is 13.0. The molecule has 0 radical (unpaired) electrons. The summed E-state index contributed by atoms with van der Waals surface area (Å²) in [6.07, 6.45) is 6.81. The Morgan fingerprint density at radius 1 is 1.35 bits per heavy atom. The van der Waals surface area contributed by atoms with E-state index in [0.717, 1.165) is 22.2 Å². The Bertz CT molecular complexity index is 838. The molecule has 0 aliphatic rings. The summed E-state index contributed by atoms with van der Waals surface area (Å²) in [6, 6.07) is 1.82. The third-order valence-electron chi connectivity index (χ3n) is 3.64. The molecule has 8 nitrogen and oxygen atoms in total. The van der Waals surface area contributed by atoms with Gasteiger partial charge in [-0.1, -0.05) is 5.18 Å². The Hall–Kier alpha value is -2.74. The molecule has 0 fully saturated rings. The molecule has 8 heteroatoms. The molecule has 0 aliphatic carbocycles. The number of nitrogen functional groups attached to an aromatic ring is 1. The fourth-order valence-corrected chi connectivity index (χ4v) is 2.62. The van der Waals surface area contributed by atoms with Crippen molar-refractivity contribution in [3.8, 4) is 11.1 Å². The van der Waals surface area contributed by atoms with Crippen LogP contribution in [0.25, 0.3) is 16.6 Å². The topological polar surface area (TPSA) is 99.8 Å². The molecule has 120 valence electrons. The lowest BCUT2D eigenvalue weighted by Gasteiger charge is -2.11. The highest BCUT2D eigenvalue weighted by Crippen LogP contribution is 2.30. The first-order valence-corrected chi connectivity index (χ1v) is 7.35. The van der Waals surface area contributed by atoms with Crippen LogP contribution >= 0.6 is 0 Å². The smallest absolute Gasteiger partial charge is 0.147 e. The van der Waals surface area contributed by atoms with Gasteiger partial charge in [-0.2, -0.15) is 15.1 Å². The van der Waals surface area contributed by atoms with Crippen molar-refractivity contribution in [3.63, 3.8) is 0 Å². The molecule has 3 aromatic heterocycles. The number of nitrogens with two attached hydrogens (primary N) is 1. The minimum Gasteiger partial charge on any atom is -0.397 e. The Morgan fingerprint density at radius 2 is 2.17 bits per heavy atom. The van der Waals surface area contributed by atoms with Gasteiger partial charge in [-0.05, 0) is 19.9 Å². The van der Waals surface area contributed by atoms with Crippen molar-refractivity contribution in [1.29, 1.82) is 0 Å². The maximum atomic E-state index is 10.7. The average Bonchev–Trinajstić information content (AvgIpc) is 3.13. The zero-order valence-electron chi connectivity index (χ0n) is 13.0. The van der Waals surface area contributed by atoms with Crippen LogP contribution in [0.15, 0.2) is 36.0 Å². The van der Waals surface area contributed by atoms with Crippen LogP contribution in [0.2, 0.25) is 0 Å². The Kier molecular flexibility index (Phi) is 4.07. The molecule has 1 atom stereocenters. The number of rotatable bonds is 6. The Morgan fingerprint density at radius 3 is 2.91 bits per heavy atom. The lowest BCUT2D eigenvalue weighted by Crippen LogP contribution is -2.09. The first-order valence-electron chi connectivity index (χ1n) is 7.35. The van der Waals surface area contributed by atoms with Crippen LogP contribution in [-0.2, 0) is 11.3 Å². The first-order chi connectivity index (χ1) is 11.1. The van der Waals surface area contributed by atoms with Gasteiger partial charge in [0.1, 0.15) is 12.8 Å². The standard InChI is InChI=1S/C15H18N6O2/c1-3-23-10(2)20-8-12(6-17-20)15-11(7-19-22)5-18-21-9-13(16)4-14(15)21/h4-6,8-10H,3,7,16H2,1-2H3. The molecule has 0 aliphatic heterocycles. The van der Waals surface area contributed by atoms with Crippen molar-refractivity contribution in [1.82, 2.24) is 19.4 Å². The molecule has 3 rings (SSSR count). The number of nitrogens with zero attached hydrogens (tertiary/aromatic N) is 5. The highest BCUT2D eigenvalue weighted by Gasteiger charge is 2.16. The van der Waals surface area contributed by atoms with E-state index < -0.39 is 0 Å². The van der Waals surface area contributed by atoms with Gasteiger partial charge in [0.25, 0.3) is 0 Å². The lowest BCUT2D eigenvalue weighted by atomic mass is 10.0. The maximum absolute atomic E-state index is 10.7. The monoisotopic (exact) mass is 314 g/mol. The van der Waals surface area contributed by atoms with E-state index >= 15 is 0 Å². The van der Waals surface area contributed by atoms with Gasteiger partial charge in [-0.15, -0.1) is 0 Å². The molecule has 0 amide bonds. The van der Waals surface area contributed by atoms with E-state index in [9.17, 15) is 4.91 Å². The van der Waals surface area contributed by atoms with Gasteiger partial charge in [0.05, 0.1) is 29.8 Å². The van der Waals surface area contributed by atoms with Crippen LogP contribution < -0.4 is 5.73 Å². The van der Waals surface area contributed by atoms with Gasteiger partial charge in [-0.3, -0.25) is 0 Å². The van der Waals surface area contributed by atoms with E-state index in [1.807, 2.05) is 26.1 Å². The Labute approximate surface area is 132 Å². The van der Waals surface area contributed by atoms with Crippen LogP contribution in [0.3, 0.4) is 0 Å². The minimum absolute atomic E-state index is 0.0378. The van der Waals surface area contributed by atoms with Gasteiger partial charge < -0.3 is 10.5 Å². The summed E-state index contributed by atoms with van der Waals surface area (Å²) < 4.78 is 8.96. The number of nitroso groups, excluding NO2 is 1. The lowest BCUT2D eigenvalue weighted by molar-refractivity contribution is 0.0160. The van der Waals surface area contributed by atoms with E-state index in [2.05, 4.69) is 15.4 Å². The van der Waals surface area contributed by atoms with E-state index in [0.29, 0.717) is 12.3 Å². The van der Waals surface area contributed by atoms with Crippen molar-refractivity contribution in [2.45, 2.75) is 26.6 Å². The molecule has 2 N–H and O–H groups in total. The second kappa shape index (κ2) is 6.17. The number of aromatic nitrogens is 4. The van der Waals surface area contributed by atoms with Crippen LogP contribution in [0.4, 0.5) is 5.69 Å². The zero-order chi connectivity index (χ0) is 16.4. The number of fused-ring (bicyclic) bond motifs is 1. The van der Waals surface area contributed by atoms with E-state index in [1.54, 1.807) is 27.8 Å². The molecule has 0 saturated heterocycles. The molecular formula is C15H18N6O2. The summed E-state index contributed by atoms with van der Waals surface area (Å²) in [7, 11) is 0. The van der Waals surface area contributed by atoms with Crippen molar-refractivity contribution in [2.75, 3.05) is 12.3 Å². The van der Waals surface area contributed by atoms with Gasteiger partial charge in [0.15, 0.2) is 0 Å². The normalized spacial score (nSPS) is 12.6. The molecule has 3 heterocycles. The van der Waals surface area contributed by atoms with Crippen molar-refractivity contribution in [3.05, 3.63) is 41.3 Å². The van der Waals surface area contributed by atoms with Crippen LogP contribution in [0, 0.1) is 4.91 Å². The summed E-state index contributed by atoms with van der Waals surface area (Å²) >= 11 is 0. The summed E-state index contributed by atoms with van der Waals surface area (Å²) in [5.41, 5.74) is 9.73. The largest absolute Gasteiger partial charge is 0.397 e. The second-order valence-electron chi connectivity index (χ2n) is 5.20. The van der Waals surface area contributed by atoms with Gasteiger partial charge >= 0.3 is 0 Å². The third kappa shape index (κ3) is 2.80. The molecule has 0 spiro atoms. The van der Waals surface area contributed by atoms with Gasteiger partial charge in [-0.25, -0.2) is 9.20 Å². The summed E-state index contributed by atoms with van der Waals surface area (Å²) in [5.74, 6) is 0. The predicted octanol–water partition coefficient (Wildman–Crippen LogP) is 2.60. The fourth-order valence-electron chi connectivity index (χ4n) is 2.62. The van der Waals surface area contributed by atoms with Crippen LogP contribution in [0.1, 0.15) is 25.6 Å². The van der Waals surface area contributed by atoms with Crippen LogP contribution in [0.5, 0.6) is 0 Å². The number of anilines is 1. The Balaban J connectivity index is 2.13. The van der Waals surface area contributed by atoms with E-state index in [1.165, 1.54) is 0 Å². The maximum Gasteiger partial charge on any atom is 0.147 e. The third-order valence-corrected chi connectivity index (χ3v) is 3.64. The molecule has 0 bridgehead atoms. The summed E-state index contributed by atoms with van der Waals surface area (Å²) in [6.45, 7) is 4.50. The minimum atomic E-state index is -0.170. The van der Waals surface area contributed by atoms with Crippen molar-refractivity contribution in [2.24, 2.45) is 5.18 Å². The quantitative estimate of drug-likeness (QED) is 0.705. The average molecular weight is 314 g/mol. The highest BCUT2D eigenvalue weighted by atomic mass is 16.5. The van der Waals surface area contributed by atoms with E-state index in [-0.39, 0.29) is 12.8 Å². The van der Waals surface area contributed by atoms with Crippen LogP contribution in [-0.4, -0.2) is 26.0 Å². The fraction of sp³-hybridized carbons (Fsp3) is 0.333. The van der Waals surface area contributed by atoms with Gasteiger partial charge in [0, 0.05) is 29.5 Å². The molecular weight excluding hydrogens is 296 g/mol. The predicted molar refractivity (Wildman–Crippen MR) is 86.7 cm³/mol. The van der Waals surface area contributed by atoms with E-state index in [4.69, 9.17) is 10.5 Å². The van der Waals surface area contributed by atoms with Crippen molar-refractivity contribution >= 4 is 11.2 Å². The van der Waals surface area contributed by atoms with Crippen molar-refractivity contribution < 1.29 is 4.74 Å². The van der Waals surface area contributed by atoms with Gasteiger partial charge in [0.2, 0.25) is 0 Å². The SMILES string of the molecule is CCOC(C)n1cc(-c2c(CN=O)cnn3cc(N)cc23)cn1. The number of hydrogen-bond acceptors (Lipinski definition) is 6. The molecule has 0 aromatic carbocycles. The second-order valence-corrected chi connectivity index (χ2v) is 5.20. The highest BCUT2D eigenvalue weighted by molar-refractivity contribution is 5.84. The molecule has 23 heavy (non-hydrogen) atoms. The summed E-state index contributed by atoms with van der Waals surface area (Å²) in [4.78, 5) is 10.7. The first kappa shape index (κ1) is 15.2. The number of ether oxygens (including phenoxy) is 1. The summed E-state index contributed by atoms with van der Waals surface area (Å²) in [5, 5.41) is 11.6. The number of hydrogen-bond donors (Lipinski definition) is 1. The molecule has 3 aromatic rings. The molecule has 1 unspecified atom stereocenters. The molecule has 0 saturated carbocycles.